The van der Waals surface area contributed by atoms with Crippen LogP contribution in [0.3, 0.4) is 0 Å². The normalized spacial score (nSPS) is 16.1. The summed E-state index contributed by atoms with van der Waals surface area (Å²) in [7, 11) is 0. The van der Waals surface area contributed by atoms with Crippen molar-refractivity contribution in [2.75, 3.05) is 6.61 Å². The highest BCUT2D eigenvalue weighted by molar-refractivity contribution is 4.77. The maximum absolute atomic E-state index is 9.70. The minimum absolute atomic E-state index is 0.295. The van der Waals surface area contributed by atoms with Crippen LogP contribution in [0.25, 0.3) is 0 Å². The van der Waals surface area contributed by atoms with E-state index in [0.717, 1.165) is 12.8 Å². The van der Waals surface area contributed by atoms with Crippen LogP contribution in [-0.2, 0) is 0 Å². The van der Waals surface area contributed by atoms with Crippen LogP contribution in [0.5, 0.6) is 0 Å². The van der Waals surface area contributed by atoms with Crippen molar-refractivity contribution >= 4 is 0 Å². The molecule has 0 aliphatic rings. The molecule has 0 radical (unpaired) electrons. The van der Waals surface area contributed by atoms with Crippen molar-refractivity contribution in [3.05, 3.63) is 0 Å². The SMILES string of the molecule is CCCCCCCCCCCC[C@@H](O)[C@@H](O)[C@@H](N)CO. The summed E-state index contributed by atoms with van der Waals surface area (Å²) in [6, 6.07) is -0.742. The Labute approximate surface area is 124 Å². The van der Waals surface area contributed by atoms with Gasteiger partial charge in [0, 0.05) is 0 Å². The van der Waals surface area contributed by atoms with Gasteiger partial charge in [-0.25, -0.2) is 0 Å². The average molecular weight is 289 g/mol. The maximum Gasteiger partial charge on any atom is 0.0971 e. The predicted octanol–water partition coefficient (Wildman–Crippen LogP) is 2.34. The summed E-state index contributed by atoms with van der Waals surface area (Å²) in [5.74, 6) is 0. The first-order valence-electron chi connectivity index (χ1n) is 8.36. The lowest BCUT2D eigenvalue weighted by Gasteiger charge is -2.22. The first-order chi connectivity index (χ1) is 9.63. The van der Waals surface area contributed by atoms with E-state index in [9.17, 15) is 10.2 Å². The van der Waals surface area contributed by atoms with Gasteiger partial charge in [-0.05, 0) is 6.42 Å². The molecule has 0 aromatic heterocycles. The van der Waals surface area contributed by atoms with E-state index < -0.39 is 18.2 Å². The second-order valence-corrected chi connectivity index (χ2v) is 5.88. The van der Waals surface area contributed by atoms with E-state index in [4.69, 9.17) is 10.8 Å². The number of aliphatic hydroxyl groups is 3. The fourth-order valence-electron chi connectivity index (χ4n) is 2.41. The van der Waals surface area contributed by atoms with Crippen LogP contribution in [0.4, 0.5) is 0 Å². The van der Waals surface area contributed by atoms with Crippen LogP contribution in [0.15, 0.2) is 0 Å². The summed E-state index contributed by atoms with van der Waals surface area (Å²) in [4.78, 5) is 0. The molecule has 0 aromatic carbocycles. The van der Waals surface area contributed by atoms with Crippen molar-refractivity contribution in [2.45, 2.75) is 95.8 Å². The topological polar surface area (TPSA) is 86.7 Å². The van der Waals surface area contributed by atoms with Gasteiger partial charge < -0.3 is 21.1 Å². The Balaban J connectivity index is 3.31. The average Bonchev–Trinajstić information content (AvgIpc) is 2.47. The van der Waals surface area contributed by atoms with Crippen molar-refractivity contribution < 1.29 is 15.3 Å². The number of hydrogen-bond donors (Lipinski definition) is 4. The zero-order valence-corrected chi connectivity index (χ0v) is 13.1. The van der Waals surface area contributed by atoms with Crippen LogP contribution in [0.1, 0.15) is 77.6 Å². The van der Waals surface area contributed by atoms with E-state index in [1.54, 1.807) is 0 Å². The number of hydrogen-bond acceptors (Lipinski definition) is 4. The van der Waals surface area contributed by atoms with E-state index in [1.807, 2.05) is 0 Å². The minimum atomic E-state index is -1.02. The highest BCUT2D eigenvalue weighted by Gasteiger charge is 2.21. The third kappa shape index (κ3) is 10.6. The maximum atomic E-state index is 9.70. The monoisotopic (exact) mass is 289 g/mol. The number of aliphatic hydroxyl groups excluding tert-OH is 3. The van der Waals surface area contributed by atoms with Crippen LogP contribution in [0, 0.1) is 0 Å². The molecule has 0 spiro atoms. The summed E-state index contributed by atoms with van der Waals surface area (Å²) in [5.41, 5.74) is 5.48. The number of nitrogens with two attached hydrogens (primary N) is 1. The zero-order chi connectivity index (χ0) is 15.2. The zero-order valence-electron chi connectivity index (χ0n) is 13.1. The second-order valence-electron chi connectivity index (χ2n) is 5.88. The van der Waals surface area contributed by atoms with E-state index in [2.05, 4.69) is 6.92 Å². The molecule has 4 heteroatoms. The Hall–Kier alpha value is -0.160. The lowest BCUT2D eigenvalue weighted by Crippen LogP contribution is -2.45. The largest absolute Gasteiger partial charge is 0.395 e. The molecule has 0 heterocycles. The van der Waals surface area contributed by atoms with E-state index in [1.165, 1.54) is 51.4 Å². The summed E-state index contributed by atoms with van der Waals surface area (Å²) >= 11 is 0. The molecule has 0 aromatic rings. The molecule has 0 saturated carbocycles. The van der Waals surface area contributed by atoms with Crippen LogP contribution >= 0.6 is 0 Å². The Morgan fingerprint density at radius 2 is 1.25 bits per heavy atom. The quantitative estimate of drug-likeness (QED) is 0.370. The van der Waals surface area contributed by atoms with Gasteiger partial charge in [0.25, 0.3) is 0 Å². The summed E-state index contributed by atoms with van der Waals surface area (Å²) in [6.45, 7) is 1.94. The number of rotatable bonds is 14. The van der Waals surface area contributed by atoms with E-state index >= 15 is 0 Å². The van der Waals surface area contributed by atoms with Gasteiger partial charge in [-0.1, -0.05) is 71.1 Å². The summed E-state index contributed by atoms with van der Waals surface area (Å²) in [5, 5.41) is 28.1. The van der Waals surface area contributed by atoms with Crippen LogP contribution in [0.2, 0.25) is 0 Å². The van der Waals surface area contributed by atoms with E-state index in [-0.39, 0.29) is 6.61 Å². The van der Waals surface area contributed by atoms with Crippen molar-refractivity contribution in [1.29, 1.82) is 0 Å². The molecule has 20 heavy (non-hydrogen) atoms. The minimum Gasteiger partial charge on any atom is -0.395 e. The highest BCUT2D eigenvalue weighted by atomic mass is 16.3. The first kappa shape index (κ1) is 19.8. The molecular formula is C16H35NO3. The molecule has 5 N–H and O–H groups in total. The van der Waals surface area contributed by atoms with Gasteiger partial charge in [-0.15, -0.1) is 0 Å². The number of unbranched alkanes of at least 4 members (excludes halogenated alkanes) is 9. The molecule has 0 unspecified atom stereocenters. The first-order valence-corrected chi connectivity index (χ1v) is 8.36. The Bertz CT molecular complexity index is 202. The van der Waals surface area contributed by atoms with Crippen molar-refractivity contribution in [3.63, 3.8) is 0 Å². The third-order valence-corrected chi connectivity index (χ3v) is 3.90. The van der Waals surface area contributed by atoms with Gasteiger partial charge in [0.2, 0.25) is 0 Å². The Morgan fingerprint density at radius 1 is 0.800 bits per heavy atom. The molecule has 0 aliphatic heterocycles. The second kappa shape index (κ2) is 13.8. The lowest BCUT2D eigenvalue weighted by atomic mass is 10.00. The van der Waals surface area contributed by atoms with Crippen LogP contribution in [-0.4, -0.2) is 40.2 Å². The third-order valence-electron chi connectivity index (χ3n) is 3.90. The molecule has 0 rings (SSSR count). The molecule has 122 valence electrons. The molecule has 0 saturated heterocycles. The smallest absolute Gasteiger partial charge is 0.0971 e. The van der Waals surface area contributed by atoms with Gasteiger partial charge in [0.05, 0.1) is 24.9 Å². The summed E-state index contributed by atoms with van der Waals surface area (Å²) < 4.78 is 0. The van der Waals surface area contributed by atoms with Crippen LogP contribution < -0.4 is 5.73 Å². The Kier molecular flexibility index (Phi) is 13.7. The van der Waals surface area contributed by atoms with Gasteiger partial charge in [0.15, 0.2) is 0 Å². The standard InChI is InChI=1S/C16H35NO3/c1-2-3-4-5-6-7-8-9-10-11-12-15(19)16(20)14(17)13-18/h14-16,18-20H,2-13,17H2,1H3/t14-,15+,16-/m0/s1. The van der Waals surface area contributed by atoms with Crippen molar-refractivity contribution in [1.82, 2.24) is 0 Å². The lowest BCUT2D eigenvalue weighted by molar-refractivity contribution is -0.0121. The molecular weight excluding hydrogens is 254 g/mol. The molecule has 0 fully saturated rings. The predicted molar refractivity (Wildman–Crippen MR) is 83.5 cm³/mol. The van der Waals surface area contributed by atoms with Crippen molar-refractivity contribution in [2.24, 2.45) is 5.73 Å². The molecule has 0 amide bonds. The van der Waals surface area contributed by atoms with Crippen molar-refractivity contribution in [3.8, 4) is 0 Å². The van der Waals surface area contributed by atoms with E-state index in [0.29, 0.717) is 6.42 Å². The molecule has 0 bridgehead atoms. The fraction of sp³-hybridized carbons (Fsp3) is 1.00. The fourth-order valence-corrected chi connectivity index (χ4v) is 2.41. The molecule has 3 atom stereocenters. The van der Waals surface area contributed by atoms with Gasteiger partial charge in [0.1, 0.15) is 0 Å². The molecule has 0 aliphatic carbocycles. The summed E-state index contributed by atoms with van der Waals surface area (Å²) in [6.07, 6.45) is 11.2. The van der Waals surface area contributed by atoms with Gasteiger partial charge >= 0.3 is 0 Å². The molecule has 4 nitrogen and oxygen atoms in total. The Morgan fingerprint density at radius 3 is 1.70 bits per heavy atom. The van der Waals surface area contributed by atoms with Gasteiger partial charge in [-0.3, -0.25) is 0 Å². The highest BCUT2D eigenvalue weighted by Crippen LogP contribution is 2.13. The van der Waals surface area contributed by atoms with Gasteiger partial charge in [-0.2, -0.15) is 0 Å².